The summed E-state index contributed by atoms with van der Waals surface area (Å²) < 4.78 is 0. The fourth-order valence-corrected chi connectivity index (χ4v) is 2.34. The van der Waals surface area contributed by atoms with Crippen molar-refractivity contribution in [3.8, 4) is 0 Å². The summed E-state index contributed by atoms with van der Waals surface area (Å²) in [5.41, 5.74) is -0.847. The highest BCUT2D eigenvalue weighted by atomic mass is 35.5. The summed E-state index contributed by atoms with van der Waals surface area (Å²) >= 11 is 0. The lowest BCUT2D eigenvalue weighted by atomic mass is 9.93. The van der Waals surface area contributed by atoms with Gasteiger partial charge >= 0.3 is 6.03 Å². The number of rotatable bonds is 9. The van der Waals surface area contributed by atoms with Crippen molar-refractivity contribution in [1.82, 2.24) is 20.9 Å². The zero-order chi connectivity index (χ0) is 15.9. The van der Waals surface area contributed by atoms with E-state index in [9.17, 15) is 14.4 Å². The molecule has 7 nitrogen and oxygen atoms in total. The second kappa shape index (κ2) is 9.63. The van der Waals surface area contributed by atoms with Gasteiger partial charge in [-0.2, -0.15) is 0 Å². The van der Waals surface area contributed by atoms with Crippen LogP contribution in [0.15, 0.2) is 0 Å². The highest BCUT2D eigenvalue weighted by Crippen LogP contribution is 2.24. The lowest BCUT2D eigenvalue weighted by Gasteiger charge is -2.23. The Hall–Kier alpha value is -1.34. The molecular weight excluding hydrogens is 308 g/mol. The normalized spacial score (nSPS) is 16.2. The Morgan fingerprint density at radius 3 is 2.27 bits per heavy atom. The maximum atomic E-state index is 12.3. The summed E-state index contributed by atoms with van der Waals surface area (Å²) in [6.07, 6.45) is 2.08. The molecule has 1 saturated heterocycles. The van der Waals surface area contributed by atoms with E-state index in [0.29, 0.717) is 25.9 Å². The zero-order valence-electron chi connectivity index (χ0n) is 13.5. The number of hydrogen-bond acceptors (Lipinski definition) is 4. The largest absolute Gasteiger partial charge is 0.353 e. The van der Waals surface area contributed by atoms with E-state index in [4.69, 9.17) is 0 Å². The Labute approximate surface area is 138 Å². The lowest BCUT2D eigenvalue weighted by molar-refractivity contribution is -0.135. The van der Waals surface area contributed by atoms with Crippen LogP contribution in [0.1, 0.15) is 40.0 Å². The van der Waals surface area contributed by atoms with Crippen molar-refractivity contribution in [2.75, 3.05) is 26.2 Å². The standard InChI is InChI=1S/C14H26N4O3.ClH/c1-4-7-15-8-9-16-11(19)10-18-12(20)14(5-2,6-3)17-13(18)21;/h15H,4-10H2,1-3H3,(H,16,19)(H,17,21);1H. The van der Waals surface area contributed by atoms with E-state index in [-0.39, 0.29) is 30.8 Å². The third-order valence-corrected chi connectivity index (χ3v) is 3.81. The average molecular weight is 335 g/mol. The van der Waals surface area contributed by atoms with E-state index in [0.717, 1.165) is 17.9 Å². The van der Waals surface area contributed by atoms with Crippen LogP contribution >= 0.6 is 12.4 Å². The first-order valence-electron chi connectivity index (χ1n) is 7.62. The smallest absolute Gasteiger partial charge is 0.325 e. The summed E-state index contributed by atoms with van der Waals surface area (Å²) in [7, 11) is 0. The molecule has 0 radical (unpaired) electrons. The number of carbonyl (C=O) groups excluding carboxylic acids is 3. The number of nitrogens with zero attached hydrogens (tertiary/aromatic N) is 1. The molecule has 8 heteroatoms. The van der Waals surface area contributed by atoms with Gasteiger partial charge in [-0.3, -0.25) is 14.5 Å². The van der Waals surface area contributed by atoms with Crippen LogP contribution in [0, 0.1) is 0 Å². The SMILES string of the molecule is CCCNCCNC(=O)CN1C(=O)NC(CC)(CC)C1=O.Cl. The van der Waals surface area contributed by atoms with E-state index in [2.05, 4.69) is 22.9 Å². The molecule has 0 atom stereocenters. The molecule has 0 bridgehead atoms. The van der Waals surface area contributed by atoms with Crippen molar-refractivity contribution in [1.29, 1.82) is 0 Å². The molecule has 0 aromatic heterocycles. The van der Waals surface area contributed by atoms with Gasteiger partial charge in [0.2, 0.25) is 5.91 Å². The molecule has 128 valence electrons. The van der Waals surface area contributed by atoms with Crippen molar-refractivity contribution in [2.24, 2.45) is 0 Å². The van der Waals surface area contributed by atoms with Crippen LogP contribution in [0.4, 0.5) is 4.79 Å². The number of nitrogens with one attached hydrogen (secondary N) is 3. The monoisotopic (exact) mass is 334 g/mol. The molecule has 0 aromatic carbocycles. The van der Waals surface area contributed by atoms with E-state index in [1.54, 1.807) is 0 Å². The molecule has 0 aromatic rings. The Bertz CT molecular complexity index is 400. The summed E-state index contributed by atoms with van der Waals surface area (Å²) in [6.45, 7) is 7.60. The molecule has 0 spiro atoms. The minimum Gasteiger partial charge on any atom is -0.353 e. The van der Waals surface area contributed by atoms with Gasteiger partial charge in [-0.05, 0) is 25.8 Å². The van der Waals surface area contributed by atoms with Crippen molar-refractivity contribution in [3.05, 3.63) is 0 Å². The molecule has 0 aliphatic carbocycles. The molecule has 1 aliphatic heterocycles. The fraction of sp³-hybridized carbons (Fsp3) is 0.786. The van der Waals surface area contributed by atoms with Gasteiger partial charge in [-0.15, -0.1) is 12.4 Å². The predicted molar refractivity (Wildman–Crippen MR) is 87.0 cm³/mol. The van der Waals surface area contributed by atoms with E-state index >= 15 is 0 Å². The Balaban J connectivity index is 0.00000441. The fourth-order valence-electron chi connectivity index (χ4n) is 2.34. The molecule has 1 aliphatic rings. The first-order valence-corrected chi connectivity index (χ1v) is 7.62. The minimum absolute atomic E-state index is 0. The molecule has 1 rings (SSSR count). The van der Waals surface area contributed by atoms with Crippen molar-refractivity contribution in [3.63, 3.8) is 0 Å². The third kappa shape index (κ3) is 4.84. The summed E-state index contributed by atoms with van der Waals surface area (Å²) in [5, 5.41) is 8.56. The lowest BCUT2D eigenvalue weighted by Crippen LogP contribution is -2.47. The van der Waals surface area contributed by atoms with Crippen molar-refractivity contribution >= 4 is 30.3 Å². The first kappa shape index (κ1) is 20.7. The van der Waals surface area contributed by atoms with Gasteiger partial charge in [-0.25, -0.2) is 4.79 Å². The van der Waals surface area contributed by atoms with Crippen molar-refractivity contribution < 1.29 is 14.4 Å². The van der Waals surface area contributed by atoms with Gasteiger partial charge in [-0.1, -0.05) is 20.8 Å². The van der Waals surface area contributed by atoms with Crippen LogP contribution in [0.3, 0.4) is 0 Å². The third-order valence-electron chi connectivity index (χ3n) is 3.81. The van der Waals surface area contributed by atoms with Crippen LogP contribution in [0.25, 0.3) is 0 Å². The van der Waals surface area contributed by atoms with Gasteiger partial charge in [0.05, 0.1) is 0 Å². The number of urea groups is 1. The molecular formula is C14H27ClN4O3. The number of imide groups is 1. The summed E-state index contributed by atoms with van der Waals surface area (Å²) in [6, 6.07) is -0.483. The molecule has 0 unspecified atom stereocenters. The van der Waals surface area contributed by atoms with Crippen LogP contribution in [0.2, 0.25) is 0 Å². The molecule has 4 amide bonds. The van der Waals surface area contributed by atoms with E-state index in [1.165, 1.54) is 0 Å². The topological polar surface area (TPSA) is 90.5 Å². The highest BCUT2D eigenvalue weighted by molar-refractivity contribution is 6.08. The van der Waals surface area contributed by atoms with E-state index in [1.807, 2.05) is 13.8 Å². The van der Waals surface area contributed by atoms with Crippen LogP contribution in [-0.2, 0) is 9.59 Å². The summed E-state index contributed by atoms with van der Waals surface area (Å²) in [4.78, 5) is 37.0. The molecule has 22 heavy (non-hydrogen) atoms. The number of carbonyl (C=O) groups is 3. The quantitative estimate of drug-likeness (QED) is 0.426. The molecule has 0 saturated carbocycles. The molecule has 1 heterocycles. The number of amides is 4. The highest BCUT2D eigenvalue weighted by Gasteiger charge is 2.49. The van der Waals surface area contributed by atoms with Gasteiger partial charge in [0, 0.05) is 13.1 Å². The Kier molecular flexibility index (Phi) is 9.04. The maximum Gasteiger partial charge on any atom is 0.325 e. The van der Waals surface area contributed by atoms with Gasteiger partial charge in [0.1, 0.15) is 12.1 Å². The second-order valence-electron chi connectivity index (χ2n) is 5.21. The zero-order valence-corrected chi connectivity index (χ0v) is 14.3. The molecule has 3 N–H and O–H groups in total. The first-order chi connectivity index (χ1) is 10.0. The van der Waals surface area contributed by atoms with Gasteiger partial charge in [0.15, 0.2) is 0 Å². The van der Waals surface area contributed by atoms with Gasteiger partial charge < -0.3 is 16.0 Å². The second-order valence-corrected chi connectivity index (χ2v) is 5.21. The van der Waals surface area contributed by atoms with Crippen LogP contribution < -0.4 is 16.0 Å². The van der Waals surface area contributed by atoms with Crippen LogP contribution in [-0.4, -0.2) is 54.5 Å². The average Bonchev–Trinajstić information content (AvgIpc) is 2.71. The minimum atomic E-state index is -0.847. The van der Waals surface area contributed by atoms with E-state index < -0.39 is 11.6 Å². The van der Waals surface area contributed by atoms with Crippen LogP contribution in [0.5, 0.6) is 0 Å². The molecule has 1 fully saturated rings. The van der Waals surface area contributed by atoms with Gasteiger partial charge in [0.25, 0.3) is 5.91 Å². The Morgan fingerprint density at radius 1 is 1.14 bits per heavy atom. The predicted octanol–water partition coefficient (Wildman–Crippen LogP) is 0.635. The van der Waals surface area contributed by atoms with Crippen molar-refractivity contribution in [2.45, 2.75) is 45.6 Å². The number of halogens is 1. The maximum absolute atomic E-state index is 12.3. The number of hydrogen-bond donors (Lipinski definition) is 3. The Morgan fingerprint density at radius 2 is 1.77 bits per heavy atom. The summed E-state index contributed by atoms with van der Waals surface area (Å²) in [5.74, 6) is -0.628.